The molecule has 3 rings (SSSR count). The number of nitrogen functional groups attached to an aromatic ring is 1. The average Bonchev–Trinajstić information content (AvgIpc) is 2.87. The van der Waals surface area contributed by atoms with E-state index < -0.39 is 0 Å². The van der Waals surface area contributed by atoms with E-state index in [1.807, 2.05) is 32.0 Å². The van der Waals surface area contributed by atoms with Crippen molar-refractivity contribution in [3.63, 3.8) is 0 Å². The molecule has 1 amide bonds. The van der Waals surface area contributed by atoms with Gasteiger partial charge in [0.2, 0.25) is 11.9 Å². The summed E-state index contributed by atoms with van der Waals surface area (Å²) in [4.78, 5) is 25.0. The molecule has 0 aromatic carbocycles. The SMILES string of the molecule is CC1=C(C2COCCCN2c2cc(C)nc(N)n2)C=C(NC(=O)CN(C)C)CC1. The Morgan fingerprint density at radius 3 is 2.86 bits per heavy atom. The molecule has 1 unspecified atom stereocenters. The van der Waals surface area contributed by atoms with E-state index in [0.717, 1.165) is 49.6 Å². The number of nitrogens with one attached hydrogen (secondary N) is 1. The number of likely N-dealkylation sites (N-methyl/N-ethyl adjacent to an activating group) is 1. The Morgan fingerprint density at radius 1 is 1.34 bits per heavy atom. The Labute approximate surface area is 172 Å². The summed E-state index contributed by atoms with van der Waals surface area (Å²) in [7, 11) is 3.78. The number of aromatic nitrogens is 2. The van der Waals surface area contributed by atoms with Gasteiger partial charge in [0.15, 0.2) is 0 Å². The highest BCUT2D eigenvalue weighted by Crippen LogP contribution is 2.30. The first-order chi connectivity index (χ1) is 13.8. The summed E-state index contributed by atoms with van der Waals surface area (Å²) in [5, 5.41) is 3.07. The van der Waals surface area contributed by atoms with Crippen molar-refractivity contribution in [2.45, 2.75) is 39.2 Å². The standard InChI is InChI=1S/C21H32N6O2/c1-14-6-7-16(24-20(28)12-26(3)4)11-17(14)18-13-29-9-5-8-27(18)19-10-15(2)23-21(22)25-19/h10-11,18H,5-9,12-13H2,1-4H3,(H,24,28)(H2,22,23,25). The zero-order chi connectivity index (χ0) is 21.0. The van der Waals surface area contributed by atoms with Gasteiger partial charge in [-0.2, -0.15) is 4.98 Å². The molecule has 0 radical (unpaired) electrons. The monoisotopic (exact) mass is 400 g/mol. The molecule has 0 spiro atoms. The molecule has 1 atom stereocenters. The summed E-state index contributed by atoms with van der Waals surface area (Å²) in [6.07, 6.45) is 4.79. The Hall–Kier alpha value is -2.45. The van der Waals surface area contributed by atoms with Crippen molar-refractivity contribution in [3.05, 3.63) is 34.7 Å². The van der Waals surface area contributed by atoms with Gasteiger partial charge in [-0.3, -0.25) is 4.79 Å². The maximum absolute atomic E-state index is 12.2. The van der Waals surface area contributed by atoms with E-state index in [1.54, 1.807) is 0 Å². The largest absolute Gasteiger partial charge is 0.379 e. The minimum atomic E-state index is 0.00771. The molecular formula is C21H32N6O2. The normalized spacial score (nSPS) is 20.5. The minimum absolute atomic E-state index is 0.00771. The van der Waals surface area contributed by atoms with Gasteiger partial charge in [-0.25, -0.2) is 4.98 Å². The molecular weight excluding hydrogens is 368 g/mol. The van der Waals surface area contributed by atoms with Gasteiger partial charge in [0.1, 0.15) is 5.82 Å². The number of hydrogen-bond acceptors (Lipinski definition) is 7. The predicted octanol–water partition coefficient (Wildman–Crippen LogP) is 1.63. The Morgan fingerprint density at radius 2 is 2.14 bits per heavy atom. The van der Waals surface area contributed by atoms with Crippen LogP contribution in [0.1, 0.15) is 31.9 Å². The molecule has 8 nitrogen and oxygen atoms in total. The van der Waals surface area contributed by atoms with Gasteiger partial charge in [0, 0.05) is 30.6 Å². The second-order valence-corrected chi connectivity index (χ2v) is 8.05. The van der Waals surface area contributed by atoms with Crippen molar-refractivity contribution in [1.82, 2.24) is 20.2 Å². The average molecular weight is 401 g/mol. The van der Waals surface area contributed by atoms with Crippen LogP contribution in [0.25, 0.3) is 0 Å². The third-order valence-electron chi connectivity index (χ3n) is 5.20. The van der Waals surface area contributed by atoms with Crippen LogP contribution in [0.5, 0.6) is 0 Å². The highest BCUT2D eigenvalue weighted by molar-refractivity contribution is 5.80. The van der Waals surface area contributed by atoms with E-state index in [1.165, 1.54) is 11.1 Å². The first-order valence-corrected chi connectivity index (χ1v) is 10.1. The Kier molecular flexibility index (Phi) is 6.87. The highest BCUT2D eigenvalue weighted by atomic mass is 16.5. The molecule has 2 heterocycles. The molecule has 0 bridgehead atoms. The fourth-order valence-electron chi connectivity index (χ4n) is 3.87. The quantitative estimate of drug-likeness (QED) is 0.775. The van der Waals surface area contributed by atoms with Crippen molar-refractivity contribution in [2.75, 3.05) is 51.0 Å². The Bertz CT molecular complexity index is 797. The van der Waals surface area contributed by atoms with Gasteiger partial charge >= 0.3 is 0 Å². The maximum atomic E-state index is 12.2. The first kappa shape index (κ1) is 21.3. The van der Waals surface area contributed by atoms with Gasteiger partial charge < -0.3 is 25.6 Å². The first-order valence-electron chi connectivity index (χ1n) is 10.1. The number of nitrogens with zero attached hydrogens (tertiary/aromatic N) is 4. The van der Waals surface area contributed by atoms with Crippen LogP contribution in [0.2, 0.25) is 0 Å². The fraction of sp³-hybridized carbons (Fsp3) is 0.571. The lowest BCUT2D eigenvalue weighted by Crippen LogP contribution is -2.41. The third kappa shape index (κ3) is 5.55. The zero-order valence-corrected chi connectivity index (χ0v) is 17.9. The van der Waals surface area contributed by atoms with Crippen molar-refractivity contribution in [2.24, 2.45) is 0 Å². The third-order valence-corrected chi connectivity index (χ3v) is 5.20. The van der Waals surface area contributed by atoms with E-state index in [0.29, 0.717) is 13.2 Å². The lowest BCUT2D eigenvalue weighted by Gasteiger charge is -2.34. The van der Waals surface area contributed by atoms with Gasteiger partial charge in [-0.05, 0) is 58.9 Å². The number of amides is 1. The number of rotatable bonds is 5. The van der Waals surface area contributed by atoms with E-state index in [4.69, 9.17) is 10.5 Å². The van der Waals surface area contributed by atoms with E-state index in [-0.39, 0.29) is 17.9 Å². The summed E-state index contributed by atoms with van der Waals surface area (Å²) in [6, 6.07) is 1.99. The number of hydrogen-bond donors (Lipinski definition) is 2. The van der Waals surface area contributed by atoms with Crippen LogP contribution < -0.4 is 16.0 Å². The molecule has 1 aromatic heterocycles. The molecule has 2 aliphatic rings. The number of aryl methyl sites for hydroxylation is 1. The Balaban J connectivity index is 1.90. The summed E-state index contributed by atoms with van der Waals surface area (Å²) in [5.74, 6) is 1.11. The molecule has 3 N–H and O–H groups in total. The van der Waals surface area contributed by atoms with Crippen LogP contribution in [-0.4, -0.2) is 67.2 Å². The molecule has 1 aliphatic heterocycles. The number of ether oxygens (including phenoxy) is 1. The topological polar surface area (TPSA) is 96.6 Å². The zero-order valence-electron chi connectivity index (χ0n) is 17.9. The van der Waals surface area contributed by atoms with Crippen LogP contribution in [0, 0.1) is 6.92 Å². The number of allylic oxidation sites excluding steroid dienone is 2. The molecule has 1 aromatic rings. The second kappa shape index (κ2) is 9.37. The second-order valence-electron chi connectivity index (χ2n) is 8.05. The van der Waals surface area contributed by atoms with Gasteiger partial charge in [-0.15, -0.1) is 0 Å². The smallest absolute Gasteiger partial charge is 0.238 e. The van der Waals surface area contributed by atoms with Crippen molar-refractivity contribution in [1.29, 1.82) is 0 Å². The maximum Gasteiger partial charge on any atom is 0.238 e. The van der Waals surface area contributed by atoms with Crippen molar-refractivity contribution in [3.8, 4) is 0 Å². The summed E-state index contributed by atoms with van der Waals surface area (Å²) in [6.45, 7) is 6.57. The van der Waals surface area contributed by atoms with E-state index in [9.17, 15) is 4.79 Å². The summed E-state index contributed by atoms with van der Waals surface area (Å²) < 4.78 is 5.92. The van der Waals surface area contributed by atoms with Crippen LogP contribution in [0.15, 0.2) is 29.0 Å². The minimum Gasteiger partial charge on any atom is -0.379 e. The molecule has 8 heteroatoms. The van der Waals surface area contributed by atoms with Gasteiger partial charge in [0.25, 0.3) is 0 Å². The van der Waals surface area contributed by atoms with E-state index >= 15 is 0 Å². The van der Waals surface area contributed by atoms with Gasteiger partial charge in [-0.1, -0.05) is 5.57 Å². The number of anilines is 2. The number of carbonyl (C=O) groups is 1. The molecule has 1 saturated heterocycles. The van der Waals surface area contributed by atoms with Crippen molar-refractivity contribution < 1.29 is 9.53 Å². The van der Waals surface area contributed by atoms with Crippen LogP contribution >= 0.6 is 0 Å². The summed E-state index contributed by atoms with van der Waals surface area (Å²) >= 11 is 0. The molecule has 1 fully saturated rings. The molecule has 1 aliphatic carbocycles. The highest BCUT2D eigenvalue weighted by Gasteiger charge is 2.29. The van der Waals surface area contributed by atoms with Crippen LogP contribution in [0.4, 0.5) is 11.8 Å². The van der Waals surface area contributed by atoms with E-state index in [2.05, 4.69) is 33.2 Å². The fourth-order valence-corrected chi connectivity index (χ4v) is 3.87. The van der Waals surface area contributed by atoms with Crippen LogP contribution in [-0.2, 0) is 9.53 Å². The molecule has 29 heavy (non-hydrogen) atoms. The molecule has 0 saturated carbocycles. The van der Waals surface area contributed by atoms with Gasteiger partial charge in [0.05, 0.1) is 19.2 Å². The lowest BCUT2D eigenvalue weighted by atomic mass is 9.91. The van der Waals surface area contributed by atoms with Crippen molar-refractivity contribution >= 4 is 17.7 Å². The number of nitrogens with two attached hydrogens (primary N) is 1. The summed E-state index contributed by atoms with van der Waals surface area (Å²) in [5.41, 5.74) is 10.2. The lowest BCUT2D eigenvalue weighted by molar-refractivity contribution is -0.121. The number of carbonyl (C=O) groups excluding carboxylic acids is 1. The molecule has 158 valence electrons. The van der Waals surface area contributed by atoms with Crippen LogP contribution in [0.3, 0.4) is 0 Å². The predicted molar refractivity (Wildman–Crippen MR) is 114 cm³/mol.